The summed E-state index contributed by atoms with van der Waals surface area (Å²) in [6, 6.07) is 4.13. The van der Waals surface area contributed by atoms with Crippen LogP contribution in [0.4, 0.5) is 5.13 Å². The van der Waals surface area contributed by atoms with E-state index < -0.39 is 0 Å². The summed E-state index contributed by atoms with van der Waals surface area (Å²) < 4.78 is 0. The molecule has 3 nitrogen and oxygen atoms in total. The Balaban J connectivity index is 1.58. The molecule has 0 bridgehead atoms. The molecule has 0 radical (unpaired) electrons. The number of hydrogen-bond donors (Lipinski definition) is 1. The summed E-state index contributed by atoms with van der Waals surface area (Å²) in [6.07, 6.45) is 9.94. The second kappa shape index (κ2) is 6.12. The third-order valence-electron chi connectivity index (χ3n) is 3.03. The molecule has 0 saturated heterocycles. The van der Waals surface area contributed by atoms with E-state index in [1.54, 1.807) is 22.7 Å². The van der Waals surface area contributed by atoms with Crippen molar-refractivity contribution in [3.63, 3.8) is 0 Å². The van der Waals surface area contributed by atoms with Gasteiger partial charge >= 0.3 is 0 Å². The Morgan fingerprint density at radius 2 is 2.37 bits per heavy atom. The molecule has 19 heavy (non-hydrogen) atoms. The average Bonchev–Trinajstić information content (AvgIpc) is 3.10. The molecule has 1 aliphatic rings. The van der Waals surface area contributed by atoms with Crippen molar-refractivity contribution >= 4 is 34.0 Å². The Kier molecular flexibility index (Phi) is 4.05. The van der Waals surface area contributed by atoms with Gasteiger partial charge in [-0.05, 0) is 36.6 Å². The number of hydrogen-bond acceptors (Lipinski definition) is 5. The second-order valence-corrected chi connectivity index (χ2v) is 6.26. The summed E-state index contributed by atoms with van der Waals surface area (Å²) in [7, 11) is 0. The lowest BCUT2D eigenvalue weighted by molar-refractivity contribution is 0.627. The first-order chi connectivity index (χ1) is 9.42. The van der Waals surface area contributed by atoms with Crippen LogP contribution in [0.25, 0.3) is 10.6 Å². The smallest absolute Gasteiger partial charge is 0.203 e. The molecule has 2 aromatic rings. The first kappa shape index (κ1) is 12.6. The minimum Gasteiger partial charge on any atom is -0.253 e. The molecule has 0 unspecified atom stereocenters. The molecule has 0 fully saturated rings. The van der Waals surface area contributed by atoms with Crippen LogP contribution in [0.15, 0.2) is 40.1 Å². The highest BCUT2D eigenvalue weighted by Crippen LogP contribution is 2.28. The first-order valence-electron chi connectivity index (χ1n) is 6.35. The van der Waals surface area contributed by atoms with Gasteiger partial charge in [0.25, 0.3) is 0 Å². The largest absolute Gasteiger partial charge is 0.253 e. The second-order valence-electron chi connectivity index (χ2n) is 4.45. The number of rotatable bonds is 4. The molecule has 0 aromatic carbocycles. The summed E-state index contributed by atoms with van der Waals surface area (Å²) in [4.78, 5) is 5.73. The van der Waals surface area contributed by atoms with E-state index >= 15 is 0 Å². The van der Waals surface area contributed by atoms with E-state index in [2.05, 4.69) is 44.5 Å². The lowest BCUT2D eigenvalue weighted by Crippen LogP contribution is -2.04. The average molecular weight is 289 g/mol. The molecular weight excluding hydrogens is 274 g/mol. The fourth-order valence-electron chi connectivity index (χ4n) is 2.01. The summed E-state index contributed by atoms with van der Waals surface area (Å²) >= 11 is 3.30. The minimum absolute atomic E-state index is 0.564. The summed E-state index contributed by atoms with van der Waals surface area (Å²) in [6.45, 7) is 0. The molecule has 5 heteroatoms. The number of aromatic nitrogens is 1. The van der Waals surface area contributed by atoms with Crippen molar-refractivity contribution < 1.29 is 0 Å². The van der Waals surface area contributed by atoms with E-state index in [4.69, 9.17) is 0 Å². The van der Waals surface area contributed by atoms with Gasteiger partial charge in [-0.15, -0.1) is 22.7 Å². The van der Waals surface area contributed by atoms with E-state index in [9.17, 15) is 0 Å². The van der Waals surface area contributed by atoms with Gasteiger partial charge in [-0.1, -0.05) is 18.2 Å². The van der Waals surface area contributed by atoms with Crippen LogP contribution in [-0.2, 0) is 0 Å². The molecule has 0 amide bonds. The minimum atomic E-state index is 0.564. The van der Waals surface area contributed by atoms with Crippen LogP contribution in [0.5, 0.6) is 0 Å². The van der Waals surface area contributed by atoms with Crippen molar-refractivity contribution in [1.82, 2.24) is 4.98 Å². The van der Waals surface area contributed by atoms with Gasteiger partial charge in [0.2, 0.25) is 5.13 Å². The maximum Gasteiger partial charge on any atom is 0.203 e. The predicted octanol–water partition coefficient (Wildman–Crippen LogP) is 4.63. The number of nitrogens with one attached hydrogen (secondary N) is 1. The number of thiazole rings is 1. The quantitative estimate of drug-likeness (QED) is 0.506. The lowest BCUT2D eigenvalue weighted by Gasteiger charge is -2.11. The maximum absolute atomic E-state index is 4.53. The van der Waals surface area contributed by atoms with Crippen LogP contribution < -0.4 is 5.43 Å². The van der Waals surface area contributed by atoms with Crippen molar-refractivity contribution in [1.29, 1.82) is 0 Å². The zero-order valence-electron chi connectivity index (χ0n) is 10.5. The van der Waals surface area contributed by atoms with E-state index in [0.717, 1.165) is 23.7 Å². The highest BCUT2D eigenvalue weighted by Gasteiger charge is 2.07. The molecule has 2 aromatic heterocycles. The van der Waals surface area contributed by atoms with Crippen LogP contribution in [0.2, 0.25) is 0 Å². The topological polar surface area (TPSA) is 37.3 Å². The zero-order chi connectivity index (χ0) is 12.9. The van der Waals surface area contributed by atoms with Gasteiger partial charge in [0.05, 0.1) is 10.6 Å². The number of allylic oxidation sites excluding steroid dienone is 2. The van der Waals surface area contributed by atoms with Gasteiger partial charge in [-0.3, -0.25) is 5.43 Å². The molecule has 2 heterocycles. The van der Waals surface area contributed by atoms with E-state index in [-0.39, 0.29) is 0 Å². The van der Waals surface area contributed by atoms with Crippen molar-refractivity contribution in [2.75, 3.05) is 5.43 Å². The van der Waals surface area contributed by atoms with Crippen molar-refractivity contribution in [3.8, 4) is 10.6 Å². The van der Waals surface area contributed by atoms with Crippen molar-refractivity contribution in [2.24, 2.45) is 11.0 Å². The predicted molar refractivity (Wildman–Crippen MR) is 84.0 cm³/mol. The Bertz CT molecular complexity index is 569. The van der Waals surface area contributed by atoms with E-state index in [1.807, 2.05) is 12.3 Å². The fraction of sp³-hybridized carbons (Fsp3) is 0.286. The lowest BCUT2D eigenvalue weighted by atomic mass is 9.96. The van der Waals surface area contributed by atoms with E-state index in [1.165, 1.54) is 11.3 Å². The van der Waals surface area contributed by atoms with Crippen molar-refractivity contribution in [2.45, 2.75) is 19.3 Å². The number of anilines is 1. The number of hydrazone groups is 1. The molecule has 1 atom stereocenters. The maximum atomic E-state index is 4.53. The monoisotopic (exact) mass is 289 g/mol. The Hall–Kier alpha value is -1.46. The molecule has 1 aliphatic carbocycles. The molecule has 0 saturated carbocycles. The summed E-state index contributed by atoms with van der Waals surface area (Å²) in [5.74, 6) is 0.564. The van der Waals surface area contributed by atoms with Gasteiger partial charge in [0.15, 0.2) is 0 Å². The van der Waals surface area contributed by atoms with Crippen LogP contribution in [0.1, 0.15) is 19.3 Å². The molecule has 98 valence electrons. The van der Waals surface area contributed by atoms with Crippen LogP contribution in [0.3, 0.4) is 0 Å². The van der Waals surface area contributed by atoms with Gasteiger partial charge < -0.3 is 0 Å². The molecule has 0 spiro atoms. The third-order valence-corrected chi connectivity index (χ3v) is 4.67. The Labute approximate surface area is 120 Å². The molecular formula is C14H15N3S2. The Morgan fingerprint density at radius 3 is 3.16 bits per heavy atom. The van der Waals surface area contributed by atoms with Gasteiger partial charge in [-0.25, -0.2) is 4.98 Å². The van der Waals surface area contributed by atoms with Crippen molar-refractivity contribution in [3.05, 3.63) is 35.0 Å². The zero-order valence-corrected chi connectivity index (χ0v) is 12.1. The highest BCUT2D eigenvalue weighted by atomic mass is 32.1. The fourth-order valence-corrected chi connectivity index (χ4v) is 3.43. The SMILES string of the molecule is C1=CC[C@@H](/C=N\Nc2nc(-c3cccs3)cs2)CC1. The van der Waals surface area contributed by atoms with Gasteiger partial charge in [0, 0.05) is 11.6 Å². The normalized spacial score (nSPS) is 19.1. The number of nitrogens with zero attached hydrogens (tertiary/aromatic N) is 2. The van der Waals surface area contributed by atoms with Crippen LogP contribution >= 0.6 is 22.7 Å². The number of thiophene rings is 1. The summed E-state index contributed by atoms with van der Waals surface area (Å²) in [5, 5.41) is 9.28. The first-order valence-corrected chi connectivity index (χ1v) is 8.11. The summed E-state index contributed by atoms with van der Waals surface area (Å²) in [5.41, 5.74) is 4.06. The van der Waals surface area contributed by atoms with Gasteiger partial charge in [0.1, 0.15) is 0 Å². The standard InChI is InChI=1S/C14H15N3S2/c1-2-5-11(6-3-1)9-15-17-14-16-12(10-19-14)13-7-4-8-18-13/h1-2,4,7-11H,3,5-6H2,(H,16,17)/b15-9-/t11-/m1/s1. The highest BCUT2D eigenvalue weighted by molar-refractivity contribution is 7.15. The third kappa shape index (κ3) is 3.30. The molecule has 0 aliphatic heterocycles. The molecule has 1 N–H and O–H groups in total. The van der Waals surface area contributed by atoms with Crippen LogP contribution in [0, 0.1) is 5.92 Å². The molecule has 3 rings (SSSR count). The van der Waals surface area contributed by atoms with E-state index in [0.29, 0.717) is 5.92 Å². The van der Waals surface area contributed by atoms with Gasteiger partial charge in [-0.2, -0.15) is 5.10 Å². The van der Waals surface area contributed by atoms with Crippen LogP contribution in [-0.4, -0.2) is 11.2 Å². The Morgan fingerprint density at radius 1 is 1.37 bits per heavy atom.